The summed E-state index contributed by atoms with van der Waals surface area (Å²) in [6.07, 6.45) is -0.978. The first-order valence-corrected chi connectivity index (χ1v) is 12.6. The monoisotopic (exact) mass is 472 g/mol. The Labute approximate surface area is 205 Å². The maximum absolute atomic E-state index is 10.5. The van der Waals surface area contributed by atoms with Crippen LogP contribution in [0, 0.1) is 41.5 Å². The Morgan fingerprint density at radius 1 is 0.618 bits per heavy atom. The van der Waals surface area contributed by atoms with Gasteiger partial charge in [0, 0.05) is 0 Å². The van der Waals surface area contributed by atoms with Gasteiger partial charge in [0.05, 0.1) is 0 Å². The molecule has 0 amide bonds. The Hall–Kier alpha value is -2.12. The Morgan fingerprint density at radius 3 is 1.21 bits per heavy atom. The van der Waals surface area contributed by atoms with Crippen LogP contribution in [0.1, 0.15) is 33.4 Å². The van der Waals surface area contributed by atoms with E-state index in [2.05, 4.69) is 65.8 Å². The van der Waals surface area contributed by atoms with Crippen molar-refractivity contribution in [1.29, 1.82) is 0 Å². The van der Waals surface area contributed by atoms with E-state index >= 15 is 0 Å². The molecule has 2 aromatic rings. The van der Waals surface area contributed by atoms with Crippen molar-refractivity contribution >= 4 is 0 Å². The third-order valence-corrected chi connectivity index (χ3v) is 6.76. The summed E-state index contributed by atoms with van der Waals surface area (Å²) < 4.78 is 11.9. The predicted octanol–water partition coefficient (Wildman–Crippen LogP) is 0.500. The minimum atomic E-state index is -0.489. The van der Waals surface area contributed by atoms with E-state index in [0.29, 0.717) is 26.3 Å². The fourth-order valence-electron chi connectivity index (χ4n) is 5.30. The lowest BCUT2D eigenvalue weighted by molar-refractivity contribution is -1.01. The Kier molecular flexibility index (Phi) is 9.37. The van der Waals surface area contributed by atoms with Gasteiger partial charge < -0.3 is 29.5 Å². The molecule has 0 unspecified atom stereocenters. The van der Waals surface area contributed by atoms with Crippen LogP contribution < -0.4 is 19.3 Å². The average molecular weight is 473 g/mol. The zero-order valence-corrected chi connectivity index (χ0v) is 21.8. The summed E-state index contributed by atoms with van der Waals surface area (Å²) in [5, 5.41) is 21.1. The zero-order valence-electron chi connectivity index (χ0n) is 21.8. The maximum atomic E-state index is 10.5. The van der Waals surface area contributed by atoms with Crippen LogP contribution in [0.2, 0.25) is 0 Å². The van der Waals surface area contributed by atoms with E-state index in [9.17, 15) is 10.2 Å². The SMILES string of the molecule is Cc1cc(C)c(OC[C@@H](O)C[NH+]2CC[NH+](C[C@@H](O)COc3c(C)cc(C)cc3C)CC2)c(C)c1. The normalized spacial score (nSPS) is 20.1. The molecule has 1 saturated heterocycles. The van der Waals surface area contributed by atoms with Gasteiger partial charge in [-0.15, -0.1) is 0 Å². The fraction of sp³-hybridized carbons (Fsp3) is 0.571. The van der Waals surface area contributed by atoms with Crippen molar-refractivity contribution in [3.8, 4) is 11.5 Å². The molecule has 0 aromatic heterocycles. The maximum Gasteiger partial charge on any atom is 0.137 e. The van der Waals surface area contributed by atoms with Crippen molar-refractivity contribution in [3.63, 3.8) is 0 Å². The lowest BCUT2D eigenvalue weighted by Gasteiger charge is -2.31. The molecule has 2 atom stereocenters. The molecular weight excluding hydrogens is 428 g/mol. The van der Waals surface area contributed by atoms with Crippen LogP contribution in [-0.4, -0.2) is 74.9 Å². The summed E-state index contributed by atoms with van der Waals surface area (Å²) in [5.41, 5.74) is 6.91. The topological polar surface area (TPSA) is 67.8 Å². The van der Waals surface area contributed by atoms with Crippen LogP contribution in [0.3, 0.4) is 0 Å². The third kappa shape index (κ3) is 7.44. The Balaban J connectivity index is 1.37. The van der Waals surface area contributed by atoms with Gasteiger partial charge in [0.1, 0.15) is 76.2 Å². The van der Waals surface area contributed by atoms with E-state index in [1.807, 2.05) is 0 Å². The Bertz CT molecular complexity index is 830. The van der Waals surface area contributed by atoms with Gasteiger partial charge in [0.2, 0.25) is 0 Å². The van der Waals surface area contributed by atoms with E-state index in [1.54, 1.807) is 0 Å². The van der Waals surface area contributed by atoms with Gasteiger partial charge in [-0.05, 0) is 63.8 Å². The average Bonchev–Trinajstić information content (AvgIpc) is 2.73. The van der Waals surface area contributed by atoms with Gasteiger partial charge in [0.15, 0.2) is 0 Å². The molecule has 0 saturated carbocycles. The molecule has 0 radical (unpaired) electrons. The van der Waals surface area contributed by atoms with Crippen LogP contribution in [0.25, 0.3) is 0 Å². The van der Waals surface area contributed by atoms with E-state index in [0.717, 1.165) is 59.9 Å². The molecule has 1 heterocycles. The van der Waals surface area contributed by atoms with E-state index in [-0.39, 0.29) is 0 Å². The molecule has 1 aliphatic rings. The summed E-state index contributed by atoms with van der Waals surface area (Å²) in [4.78, 5) is 2.79. The molecule has 3 rings (SSSR count). The smallest absolute Gasteiger partial charge is 0.137 e. The van der Waals surface area contributed by atoms with Crippen LogP contribution in [-0.2, 0) is 0 Å². The number of aliphatic hydroxyl groups is 2. The highest BCUT2D eigenvalue weighted by Crippen LogP contribution is 2.25. The third-order valence-electron chi connectivity index (χ3n) is 6.76. The second-order valence-corrected chi connectivity index (χ2v) is 10.3. The Morgan fingerprint density at radius 2 is 0.912 bits per heavy atom. The number of rotatable bonds is 10. The minimum absolute atomic E-state index is 0.318. The molecule has 188 valence electrons. The van der Waals surface area contributed by atoms with Crippen molar-refractivity contribution in [1.82, 2.24) is 0 Å². The molecule has 6 nitrogen and oxygen atoms in total. The molecule has 6 heteroatoms. The standard InChI is InChI=1S/C28H42N2O4/c1-19-11-21(3)27(22(4)12-19)33-17-25(31)15-29-7-9-30(10-8-29)16-26(32)18-34-28-23(5)13-20(2)14-24(28)6/h11-14,25-26,31-32H,7-10,15-18H2,1-6H3/p+2/t25-,26+. The molecule has 0 bridgehead atoms. The first kappa shape index (κ1) is 26.5. The van der Waals surface area contributed by atoms with Gasteiger partial charge in [-0.1, -0.05) is 35.4 Å². The van der Waals surface area contributed by atoms with Crippen molar-refractivity contribution in [2.24, 2.45) is 0 Å². The number of ether oxygens (including phenoxy) is 2. The first-order valence-electron chi connectivity index (χ1n) is 12.6. The highest BCUT2D eigenvalue weighted by Gasteiger charge is 2.27. The molecule has 2 aromatic carbocycles. The van der Waals surface area contributed by atoms with Crippen molar-refractivity contribution < 1.29 is 29.5 Å². The highest BCUT2D eigenvalue weighted by molar-refractivity contribution is 5.43. The molecule has 1 aliphatic heterocycles. The van der Waals surface area contributed by atoms with Gasteiger partial charge in [0.25, 0.3) is 0 Å². The lowest BCUT2D eigenvalue weighted by atomic mass is 10.1. The van der Waals surface area contributed by atoms with E-state index in [1.165, 1.54) is 20.9 Å². The summed E-state index contributed by atoms with van der Waals surface area (Å²) >= 11 is 0. The largest absolute Gasteiger partial charge is 0.490 e. The number of aliphatic hydroxyl groups excluding tert-OH is 2. The van der Waals surface area contributed by atoms with Crippen molar-refractivity contribution in [2.75, 3.05) is 52.5 Å². The van der Waals surface area contributed by atoms with Crippen molar-refractivity contribution in [2.45, 2.75) is 53.8 Å². The summed E-state index contributed by atoms with van der Waals surface area (Å²) in [6.45, 7) is 18.3. The number of nitrogens with one attached hydrogen (secondary N) is 2. The molecule has 4 N–H and O–H groups in total. The molecule has 34 heavy (non-hydrogen) atoms. The number of benzene rings is 2. The van der Waals surface area contributed by atoms with Gasteiger partial charge in [-0.25, -0.2) is 0 Å². The highest BCUT2D eigenvalue weighted by atomic mass is 16.5. The molecular formula is C28H44N2O4+2. The second-order valence-electron chi connectivity index (χ2n) is 10.3. The zero-order chi connectivity index (χ0) is 24.8. The summed E-state index contributed by atoms with van der Waals surface area (Å²) in [7, 11) is 0. The summed E-state index contributed by atoms with van der Waals surface area (Å²) in [5.74, 6) is 1.78. The van der Waals surface area contributed by atoms with Crippen LogP contribution >= 0.6 is 0 Å². The number of piperazine rings is 1. The molecule has 0 aliphatic carbocycles. The van der Waals surface area contributed by atoms with Gasteiger partial charge >= 0.3 is 0 Å². The van der Waals surface area contributed by atoms with Gasteiger partial charge in [-0.2, -0.15) is 0 Å². The quantitative estimate of drug-likeness (QED) is 0.407. The van der Waals surface area contributed by atoms with E-state index in [4.69, 9.17) is 9.47 Å². The predicted molar refractivity (Wildman–Crippen MR) is 135 cm³/mol. The number of aryl methyl sites for hydroxylation is 6. The van der Waals surface area contributed by atoms with Crippen LogP contribution in [0.5, 0.6) is 11.5 Å². The molecule has 0 spiro atoms. The number of quaternary nitrogens is 2. The van der Waals surface area contributed by atoms with Gasteiger partial charge in [-0.3, -0.25) is 0 Å². The van der Waals surface area contributed by atoms with E-state index < -0.39 is 12.2 Å². The first-order chi connectivity index (χ1) is 16.1. The summed E-state index contributed by atoms with van der Waals surface area (Å²) in [6, 6.07) is 8.46. The number of hydrogen-bond donors (Lipinski definition) is 4. The second kappa shape index (κ2) is 12.0. The molecule has 1 fully saturated rings. The lowest BCUT2D eigenvalue weighted by Crippen LogP contribution is -3.29. The van der Waals surface area contributed by atoms with Crippen molar-refractivity contribution in [3.05, 3.63) is 57.6 Å². The van der Waals surface area contributed by atoms with Crippen LogP contribution in [0.15, 0.2) is 24.3 Å². The fourth-order valence-corrected chi connectivity index (χ4v) is 5.30. The minimum Gasteiger partial charge on any atom is -0.490 e. The van der Waals surface area contributed by atoms with Crippen LogP contribution in [0.4, 0.5) is 0 Å². The number of hydrogen-bond acceptors (Lipinski definition) is 4.